The summed E-state index contributed by atoms with van der Waals surface area (Å²) in [4.78, 5) is 4.08. The molecule has 0 amide bonds. The zero-order valence-corrected chi connectivity index (χ0v) is 9.03. The summed E-state index contributed by atoms with van der Waals surface area (Å²) in [5.74, 6) is 6.77. The molecule has 1 heterocycles. The van der Waals surface area contributed by atoms with Gasteiger partial charge >= 0.3 is 0 Å². The molecule has 2 rings (SSSR count). The van der Waals surface area contributed by atoms with Crippen LogP contribution in [0.5, 0.6) is 0 Å². The van der Waals surface area contributed by atoms with Crippen molar-refractivity contribution in [2.24, 2.45) is 11.8 Å². The third-order valence-corrected chi connectivity index (χ3v) is 3.12. The van der Waals surface area contributed by atoms with E-state index in [1.54, 1.807) is 6.20 Å². The molecule has 0 radical (unpaired) electrons. The van der Waals surface area contributed by atoms with Crippen LogP contribution in [0.1, 0.15) is 26.2 Å². The normalized spacial score (nSPS) is 25.2. The molecule has 2 atom stereocenters. The number of pyridine rings is 1. The molecule has 1 aromatic rings. The smallest absolute Gasteiger partial charge is 0.141 e. The molecule has 0 saturated heterocycles. The van der Waals surface area contributed by atoms with Crippen LogP contribution in [-0.2, 0) is 0 Å². The third kappa shape index (κ3) is 2.39. The van der Waals surface area contributed by atoms with Crippen LogP contribution in [0, 0.1) is 5.92 Å². The summed E-state index contributed by atoms with van der Waals surface area (Å²) in [7, 11) is 0. The van der Waals surface area contributed by atoms with Crippen molar-refractivity contribution in [3.63, 3.8) is 0 Å². The van der Waals surface area contributed by atoms with Crippen LogP contribution in [0.25, 0.3) is 0 Å². The molecule has 1 aromatic heterocycles. The Labute approximate surface area is 90.2 Å². The molecular formula is C11H18N4. The highest BCUT2D eigenvalue weighted by Gasteiger charge is 2.22. The van der Waals surface area contributed by atoms with Gasteiger partial charge < -0.3 is 10.7 Å². The van der Waals surface area contributed by atoms with Gasteiger partial charge in [-0.25, -0.2) is 10.8 Å². The number of hydrogen-bond donors (Lipinski definition) is 3. The first kappa shape index (κ1) is 10.2. The monoisotopic (exact) mass is 206 g/mol. The number of nitrogens with zero attached hydrogens (tertiary/aromatic N) is 1. The number of anilines is 2. The van der Waals surface area contributed by atoms with Crippen LogP contribution in [0.15, 0.2) is 18.3 Å². The number of rotatable bonds is 3. The summed E-state index contributed by atoms with van der Waals surface area (Å²) in [6.45, 7) is 2.30. The minimum absolute atomic E-state index is 0.595. The van der Waals surface area contributed by atoms with E-state index in [9.17, 15) is 0 Å². The Morgan fingerprint density at radius 3 is 3.00 bits per heavy atom. The minimum atomic E-state index is 0.595. The van der Waals surface area contributed by atoms with Crippen LogP contribution >= 0.6 is 0 Å². The first-order valence-corrected chi connectivity index (χ1v) is 5.49. The molecule has 82 valence electrons. The summed E-state index contributed by atoms with van der Waals surface area (Å²) >= 11 is 0. The van der Waals surface area contributed by atoms with Gasteiger partial charge in [-0.15, -0.1) is 0 Å². The lowest BCUT2D eigenvalue weighted by Gasteiger charge is -2.18. The zero-order valence-electron chi connectivity index (χ0n) is 9.03. The van der Waals surface area contributed by atoms with E-state index in [0.29, 0.717) is 11.9 Å². The van der Waals surface area contributed by atoms with Gasteiger partial charge in [0.15, 0.2) is 0 Å². The lowest BCUT2D eigenvalue weighted by molar-refractivity contribution is 0.556. The zero-order chi connectivity index (χ0) is 10.7. The van der Waals surface area contributed by atoms with Crippen molar-refractivity contribution in [2.45, 2.75) is 32.2 Å². The summed E-state index contributed by atoms with van der Waals surface area (Å²) < 4.78 is 0. The van der Waals surface area contributed by atoms with Gasteiger partial charge in [0.1, 0.15) is 5.82 Å². The molecule has 15 heavy (non-hydrogen) atoms. The molecule has 0 spiro atoms. The number of hydrazine groups is 1. The van der Waals surface area contributed by atoms with Gasteiger partial charge in [0, 0.05) is 24.0 Å². The molecule has 1 aliphatic rings. The molecular weight excluding hydrogens is 188 g/mol. The van der Waals surface area contributed by atoms with Crippen molar-refractivity contribution in [1.29, 1.82) is 0 Å². The number of aromatic nitrogens is 1. The predicted molar refractivity (Wildman–Crippen MR) is 62.5 cm³/mol. The van der Waals surface area contributed by atoms with E-state index in [2.05, 4.69) is 22.7 Å². The van der Waals surface area contributed by atoms with Crippen LogP contribution in [0.2, 0.25) is 0 Å². The van der Waals surface area contributed by atoms with Gasteiger partial charge in [0.25, 0.3) is 0 Å². The van der Waals surface area contributed by atoms with Gasteiger partial charge in [-0.05, 0) is 24.8 Å². The topological polar surface area (TPSA) is 63.0 Å². The fraction of sp³-hybridized carbons (Fsp3) is 0.545. The van der Waals surface area contributed by atoms with Crippen molar-refractivity contribution in [2.75, 3.05) is 10.7 Å². The molecule has 0 aliphatic heterocycles. The van der Waals surface area contributed by atoms with Gasteiger partial charge in [-0.2, -0.15) is 0 Å². The average Bonchev–Trinajstić information content (AvgIpc) is 2.65. The molecule has 4 nitrogen and oxygen atoms in total. The Morgan fingerprint density at radius 2 is 2.33 bits per heavy atom. The highest BCUT2D eigenvalue weighted by Crippen LogP contribution is 2.28. The Hall–Kier alpha value is -1.29. The van der Waals surface area contributed by atoms with E-state index in [-0.39, 0.29) is 0 Å². The second kappa shape index (κ2) is 4.49. The van der Waals surface area contributed by atoms with E-state index in [1.165, 1.54) is 19.3 Å². The highest BCUT2D eigenvalue weighted by atomic mass is 15.2. The Kier molecular flexibility index (Phi) is 3.06. The fourth-order valence-corrected chi connectivity index (χ4v) is 2.17. The van der Waals surface area contributed by atoms with Crippen molar-refractivity contribution in [3.05, 3.63) is 18.3 Å². The maximum atomic E-state index is 5.31. The van der Waals surface area contributed by atoms with Gasteiger partial charge in [0.05, 0.1) is 0 Å². The van der Waals surface area contributed by atoms with Crippen LogP contribution < -0.4 is 16.6 Å². The summed E-state index contributed by atoms with van der Waals surface area (Å²) in [6.07, 6.45) is 5.67. The van der Waals surface area contributed by atoms with Crippen LogP contribution in [0.3, 0.4) is 0 Å². The first-order chi connectivity index (χ1) is 7.29. The average molecular weight is 206 g/mol. The third-order valence-electron chi connectivity index (χ3n) is 3.12. The summed E-state index contributed by atoms with van der Waals surface area (Å²) in [5, 5.41) is 3.53. The lowest BCUT2D eigenvalue weighted by Crippen LogP contribution is -2.22. The molecule has 4 heteroatoms. The SMILES string of the molecule is CC1CCCC1Nc1ccnc(NN)c1. The largest absolute Gasteiger partial charge is 0.382 e. The standard InChI is InChI=1S/C11H18N4/c1-8-3-2-4-10(8)14-9-5-6-13-11(7-9)15-12/h5-8,10H,2-4,12H2,1H3,(H2,13,14,15). The maximum Gasteiger partial charge on any atom is 0.141 e. The van der Waals surface area contributed by atoms with Crippen molar-refractivity contribution in [3.8, 4) is 0 Å². The molecule has 1 aliphatic carbocycles. The number of nitrogens with one attached hydrogen (secondary N) is 2. The van der Waals surface area contributed by atoms with Crippen molar-refractivity contribution in [1.82, 2.24) is 4.98 Å². The molecule has 0 aromatic carbocycles. The minimum Gasteiger partial charge on any atom is -0.382 e. The molecule has 0 bridgehead atoms. The van der Waals surface area contributed by atoms with Gasteiger partial charge in [-0.1, -0.05) is 13.3 Å². The molecule has 4 N–H and O–H groups in total. The Bertz CT molecular complexity index is 326. The highest BCUT2D eigenvalue weighted by molar-refractivity contribution is 5.51. The molecule has 1 saturated carbocycles. The maximum absolute atomic E-state index is 5.31. The van der Waals surface area contributed by atoms with E-state index < -0.39 is 0 Å². The predicted octanol–water partition coefficient (Wildman–Crippen LogP) is 1.97. The van der Waals surface area contributed by atoms with E-state index in [0.717, 1.165) is 11.6 Å². The quantitative estimate of drug-likeness (QED) is 0.522. The number of nitrogens with two attached hydrogens (primary N) is 1. The summed E-state index contributed by atoms with van der Waals surface area (Å²) in [5.41, 5.74) is 3.65. The second-order valence-corrected chi connectivity index (χ2v) is 4.23. The first-order valence-electron chi connectivity index (χ1n) is 5.49. The van der Waals surface area contributed by atoms with E-state index in [1.807, 2.05) is 12.1 Å². The van der Waals surface area contributed by atoms with Crippen LogP contribution in [-0.4, -0.2) is 11.0 Å². The van der Waals surface area contributed by atoms with E-state index in [4.69, 9.17) is 5.84 Å². The Balaban J connectivity index is 2.03. The molecule has 1 fully saturated rings. The van der Waals surface area contributed by atoms with Gasteiger partial charge in [0.2, 0.25) is 0 Å². The van der Waals surface area contributed by atoms with Gasteiger partial charge in [-0.3, -0.25) is 0 Å². The van der Waals surface area contributed by atoms with Crippen LogP contribution in [0.4, 0.5) is 11.5 Å². The fourth-order valence-electron chi connectivity index (χ4n) is 2.17. The number of hydrogen-bond acceptors (Lipinski definition) is 4. The van der Waals surface area contributed by atoms with Crippen molar-refractivity contribution < 1.29 is 0 Å². The lowest BCUT2D eigenvalue weighted by atomic mass is 10.1. The Morgan fingerprint density at radius 1 is 1.47 bits per heavy atom. The molecule has 2 unspecified atom stereocenters. The van der Waals surface area contributed by atoms with E-state index >= 15 is 0 Å². The van der Waals surface area contributed by atoms with Crippen molar-refractivity contribution >= 4 is 11.5 Å². The number of nitrogen functional groups attached to an aromatic ring is 1. The summed E-state index contributed by atoms with van der Waals surface area (Å²) in [6, 6.07) is 4.51. The second-order valence-electron chi connectivity index (χ2n) is 4.23.